The smallest absolute Gasteiger partial charge is 0.0990 e. The van der Waals surface area contributed by atoms with Gasteiger partial charge in [0.2, 0.25) is 0 Å². The van der Waals surface area contributed by atoms with Crippen LogP contribution in [0, 0.1) is 5.92 Å². The Morgan fingerprint density at radius 2 is 1.93 bits per heavy atom. The van der Waals surface area contributed by atoms with Gasteiger partial charge in [0.1, 0.15) is 0 Å². The van der Waals surface area contributed by atoms with E-state index in [9.17, 15) is 0 Å². The van der Waals surface area contributed by atoms with Crippen molar-refractivity contribution >= 4 is 0 Å². The van der Waals surface area contributed by atoms with Gasteiger partial charge < -0.3 is 9.64 Å². The molecule has 0 N–H and O–H groups in total. The van der Waals surface area contributed by atoms with Crippen molar-refractivity contribution in [3.63, 3.8) is 0 Å². The second-order valence-corrected chi connectivity index (χ2v) is 4.87. The second kappa shape index (κ2) is 5.83. The minimum atomic E-state index is 0.785. The summed E-state index contributed by atoms with van der Waals surface area (Å²) in [6.45, 7) is 10.3. The number of hydrogen-bond acceptors (Lipinski definition) is 3. The molecule has 0 aromatic rings. The van der Waals surface area contributed by atoms with E-state index in [1.54, 1.807) is 0 Å². The van der Waals surface area contributed by atoms with Gasteiger partial charge in [0.15, 0.2) is 0 Å². The van der Waals surface area contributed by atoms with E-state index in [-0.39, 0.29) is 0 Å². The van der Waals surface area contributed by atoms with Gasteiger partial charge in [-0.3, -0.25) is 4.90 Å². The highest BCUT2D eigenvalue weighted by Crippen LogP contribution is 2.16. The Morgan fingerprint density at radius 3 is 2.60 bits per heavy atom. The highest BCUT2D eigenvalue weighted by molar-refractivity contribution is 4.74. The minimum absolute atomic E-state index is 0.785. The molecule has 2 aliphatic rings. The molecule has 2 aliphatic heterocycles. The third kappa shape index (κ3) is 3.44. The second-order valence-electron chi connectivity index (χ2n) is 4.87. The number of ether oxygens (including phenoxy) is 1. The van der Waals surface area contributed by atoms with Crippen LogP contribution >= 0.6 is 0 Å². The van der Waals surface area contributed by atoms with Gasteiger partial charge in [-0.05, 0) is 38.3 Å². The van der Waals surface area contributed by atoms with Crippen LogP contribution in [-0.4, -0.2) is 55.9 Å². The van der Waals surface area contributed by atoms with Gasteiger partial charge in [-0.1, -0.05) is 6.92 Å². The first-order valence-corrected chi connectivity index (χ1v) is 6.41. The summed E-state index contributed by atoms with van der Waals surface area (Å²) < 4.78 is 5.79. The van der Waals surface area contributed by atoms with E-state index in [1.165, 1.54) is 52.0 Å². The molecule has 2 saturated heterocycles. The zero-order valence-electron chi connectivity index (χ0n) is 9.95. The molecule has 0 spiro atoms. The Labute approximate surface area is 93.4 Å². The van der Waals surface area contributed by atoms with Crippen LogP contribution in [0.15, 0.2) is 0 Å². The summed E-state index contributed by atoms with van der Waals surface area (Å²) in [5.41, 5.74) is 0. The highest BCUT2D eigenvalue weighted by atomic mass is 16.5. The monoisotopic (exact) mass is 212 g/mol. The number of likely N-dealkylation sites (tertiary alicyclic amines) is 2. The molecule has 0 radical (unpaired) electrons. The standard InChI is InChI=1S/C12H24N2O/c1-2-13-8-5-12(9-13)10-15-11-14-6-3-4-7-14/h12H,2-11H2,1H3. The fraction of sp³-hybridized carbons (Fsp3) is 1.00. The predicted octanol–water partition coefficient (Wildman–Crippen LogP) is 1.40. The van der Waals surface area contributed by atoms with Crippen LogP contribution in [0.2, 0.25) is 0 Å². The summed E-state index contributed by atoms with van der Waals surface area (Å²) in [5.74, 6) is 0.785. The molecule has 2 heterocycles. The van der Waals surface area contributed by atoms with E-state index in [1.807, 2.05) is 0 Å². The number of hydrogen-bond donors (Lipinski definition) is 0. The van der Waals surface area contributed by atoms with Gasteiger partial charge in [-0.25, -0.2) is 0 Å². The molecule has 0 aromatic heterocycles. The molecule has 0 bridgehead atoms. The predicted molar refractivity (Wildman–Crippen MR) is 61.8 cm³/mol. The van der Waals surface area contributed by atoms with Gasteiger partial charge in [0.25, 0.3) is 0 Å². The molecule has 2 rings (SSSR count). The zero-order valence-corrected chi connectivity index (χ0v) is 9.95. The van der Waals surface area contributed by atoms with E-state index in [2.05, 4.69) is 16.7 Å². The highest BCUT2D eigenvalue weighted by Gasteiger charge is 2.21. The Morgan fingerprint density at radius 1 is 1.13 bits per heavy atom. The first-order chi connectivity index (χ1) is 7.38. The summed E-state index contributed by atoms with van der Waals surface area (Å²) in [7, 11) is 0. The van der Waals surface area contributed by atoms with Crippen LogP contribution in [0.25, 0.3) is 0 Å². The third-order valence-electron chi connectivity index (χ3n) is 3.64. The minimum Gasteiger partial charge on any atom is -0.366 e. The molecule has 3 nitrogen and oxygen atoms in total. The average molecular weight is 212 g/mol. The van der Waals surface area contributed by atoms with Crippen LogP contribution in [0.3, 0.4) is 0 Å². The summed E-state index contributed by atoms with van der Waals surface area (Å²) in [5, 5.41) is 0. The van der Waals surface area contributed by atoms with Gasteiger partial charge >= 0.3 is 0 Å². The molecule has 2 fully saturated rings. The van der Waals surface area contributed by atoms with Crippen molar-refractivity contribution in [1.82, 2.24) is 9.80 Å². The molecule has 3 heteroatoms. The molecule has 88 valence electrons. The summed E-state index contributed by atoms with van der Waals surface area (Å²) in [4.78, 5) is 4.94. The normalized spacial score (nSPS) is 29.0. The van der Waals surface area contributed by atoms with E-state index < -0.39 is 0 Å². The molecule has 1 unspecified atom stereocenters. The third-order valence-corrected chi connectivity index (χ3v) is 3.64. The Kier molecular flexibility index (Phi) is 4.42. The maximum atomic E-state index is 5.79. The van der Waals surface area contributed by atoms with E-state index in [0.717, 1.165) is 19.3 Å². The molecular weight excluding hydrogens is 188 g/mol. The topological polar surface area (TPSA) is 15.7 Å². The largest absolute Gasteiger partial charge is 0.366 e. The van der Waals surface area contributed by atoms with Crippen molar-refractivity contribution in [2.75, 3.05) is 46.1 Å². The molecule has 0 aromatic carbocycles. The lowest BCUT2D eigenvalue weighted by molar-refractivity contribution is 0.0235. The van der Waals surface area contributed by atoms with E-state index in [0.29, 0.717) is 0 Å². The van der Waals surface area contributed by atoms with E-state index in [4.69, 9.17) is 4.74 Å². The lowest BCUT2D eigenvalue weighted by atomic mass is 10.1. The van der Waals surface area contributed by atoms with Gasteiger partial charge in [-0.2, -0.15) is 0 Å². The SMILES string of the molecule is CCN1CCC(COCN2CCCC2)C1. The summed E-state index contributed by atoms with van der Waals surface area (Å²) in [6.07, 6.45) is 4.04. The van der Waals surface area contributed by atoms with Crippen LogP contribution in [-0.2, 0) is 4.74 Å². The Hall–Kier alpha value is -0.120. The first-order valence-electron chi connectivity index (χ1n) is 6.41. The molecular formula is C12H24N2O. The summed E-state index contributed by atoms with van der Waals surface area (Å²) >= 11 is 0. The molecule has 15 heavy (non-hydrogen) atoms. The molecule has 0 saturated carbocycles. The van der Waals surface area contributed by atoms with Crippen molar-refractivity contribution in [1.29, 1.82) is 0 Å². The number of rotatable bonds is 5. The van der Waals surface area contributed by atoms with Crippen LogP contribution < -0.4 is 0 Å². The van der Waals surface area contributed by atoms with Gasteiger partial charge in [-0.15, -0.1) is 0 Å². The van der Waals surface area contributed by atoms with Crippen LogP contribution in [0.4, 0.5) is 0 Å². The van der Waals surface area contributed by atoms with Crippen LogP contribution in [0.1, 0.15) is 26.2 Å². The molecule has 1 atom stereocenters. The summed E-state index contributed by atoms with van der Waals surface area (Å²) in [6, 6.07) is 0. The van der Waals surface area contributed by atoms with Crippen molar-refractivity contribution in [2.24, 2.45) is 5.92 Å². The molecule has 0 amide bonds. The van der Waals surface area contributed by atoms with Crippen molar-refractivity contribution in [3.8, 4) is 0 Å². The van der Waals surface area contributed by atoms with E-state index >= 15 is 0 Å². The maximum absolute atomic E-state index is 5.79. The van der Waals surface area contributed by atoms with Gasteiger partial charge in [0.05, 0.1) is 13.3 Å². The fourth-order valence-corrected chi connectivity index (χ4v) is 2.60. The van der Waals surface area contributed by atoms with Crippen molar-refractivity contribution in [3.05, 3.63) is 0 Å². The van der Waals surface area contributed by atoms with Gasteiger partial charge in [0, 0.05) is 19.6 Å². The van der Waals surface area contributed by atoms with Crippen LogP contribution in [0.5, 0.6) is 0 Å². The quantitative estimate of drug-likeness (QED) is 0.685. The van der Waals surface area contributed by atoms with Crippen molar-refractivity contribution in [2.45, 2.75) is 26.2 Å². The lowest BCUT2D eigenvalue weighted by Gasteiger charge is -2.17. The lowest BCUT2D eigenvalue weighted by Crippen LogP contribution is -2.26. The zero-order chi connectivity index (χ0) is 10.5. The fourth-order valence-electron chi connectivity index (χ4n) is 2.60. The first kappa shape index (κ1) is 11.4. The Bertz CT molecular complexity index is 180. The van der Waals surface area contributed by atoms with Crippen molar-refractivity contribution < 1.29 is 4.74 Å². The Balaban J connectivity index is 1.54. The maximum Gasteiger partial charge on any atom is 0.0990 e. The average Bonchev–Trinajstić information content (AvgIpc) is 2.88. The molecule has 0 aliphatic carbocycles. The number of nitrogens with zero attached hydrogens (tertiary/aromatic N) is 2.